The van der Waals surface area contributed by atoms with Crippen molar-refractivity contribution in [1.82, 2.24) is 15.5 Å². The molecule has 0 bridgehead atoms. The first kappa shape index (κ1) is 21.0. The monoisotopic (exact) mass is 438 g/mol. The van der Waals surface area contributed by atoms with Gasteiger partial charge in [0.25, 0.3) is 0 Å². The predicted octanol–water partition coefficient (Wildman–Crippen LogP) is 2.46. The Morgan fingerprint density at radius 2 is 1.78 bits per heavy atom. The summed E-state index contributed by atoms with van der Waals surface area (Å²) in [7, 11) is 1.86. The van der Waals surface area contributed by atoms with E-state index < -0.39 is 0 Å². The molecule has 0 spiro atoms. The van der Waals surface area contributed by atoms with Gasteiger partial charge < -0.3 is 15.4 Å². The number of hydrogen-bond acceptors (Lipinski definition) is 3. The third-order valence-electron chi connectivity index (χ3n) is 4.95. The van der Waals surface area contributed by atoms with E-state index in [0.717, 1.165) is 45.4 Å². The molecule has 0 atom stereocenters. The summed E-state index contributed by atoms with van der Waals surface area (Å²) in [5.74, 6) is 1.56. The second-order valence-corrected chi connectivity index (χ2v) is 7.08. The lowest BCUT2D eigenvalue weighted by molar-refractivity contribution is -0.0352. The largest absolute Gasteiger partial charge is 0.379 e. The number of morpholine rings is 1. The van der Waals surface area contributed by atoms with Crippen LogP contribution in [0.4, 0.5) is 0 Å². The molecule has 1 saturated carbocycles. The second-order valence-electron chi connectivity index (χ2n) is 7.08. The number of nitrogens with one attached hydrogen (secondary N) is 2. The van der Waals surface area contributed by atoms with Gasteiger partial charge in [-0.1, -0.05) is 33.1 Å². The normalized spacial score (nSPS) is 22.5. The number of ether oxygens (including phenoxy) is 1. The number of nitrogens with zero attached hydrogens (tertiary/aromatic N) is 2. The summed E-state index contributed by atoms with van der Waals surface area (Å²) in [6, 6.07) is 0. The van der Waals surface area contributed by atoms with Gasteiger partial charge in [-0.05, 0) is 18.8 Å². The maximum absolute atomic E-state index is 5.55. The van der Waals surface area contributed by atoms with Gasteiger partial charge in [-0.3, -0.25) is 9.89 Å². The number of rotatable bonds is 5. The summed E-state index contributed by atoms with van der Waals surface area (Å²) in [6.45, 7) is 10.3. The van der Waals surface area contributed by atoms with E-state index >= 15 is 0 Å². The Hall–Kier alpha value is -0.0800. The fourth-order valence-corrected chi connectivity index (χ4v) is 3.62. The molecule has 0 aromatic carbocycles. The maximum Gasteiger partial charge on any atom is 0.191 e. The molecule has 2 aliphatic rings. The van der Waals surface area contributed by atoms with E-state index in [4.69, 9.17) is 4.74 Å². The van der Waals surface area contributed by atoms with Crippen LogP contribution in [0.5, 0.6) is 0 Å². The van der Waals surface area contributed by atoms with Crippen LogP contribution < -0.4 is 10.6 Å². The standard InChI is InChI=1S/C17H34N4O.HI/c1-15(2)13-19-16(18-3)20-14-17(7-5-4-6-8-17)21-9-11-22-12-10-21;/h15H,4-14H2,1-3H3,(H2,18,19,20);1H. The van der Waals surface area contributed by atoms with E-state index in [1.807, 2.05) is 7.05 Å². The second kappa shape index (κ2) is 10.7. The van der Waals surface area contributed by atoms with Crippen LogP contribution in [-0.2, 0) is 4.74 Å². The van der Waals surface area contributed by atoms with Crippen molar-refractivity contribution in [2.24, 2.45) is 10.9 Å². The molecule has 1 heterocycles. The van der Waals surface area contributed by atoms with E-state index in [-0.39, 0.29) is 29.5 Å². The number of aliphatic imine (C=N–C) groups is 1. The summed E-state index contributed by atoms with van der Waals surface area (Å²) in [4.78, 5) is 7.04. The average Bonchev–Trinajstić information content (AvgIpc) is 2.56. The first-order valence-electron chi connectivity index (χ1n) is 8.93. The molecule has 0 aromatic heterocycles. The van der Waals surface area contributed by atoms with Crippen LogP contribution in [0.2, 0.25) is 0 Å². The van der Waals surface area contributed by atoms with Crippen molar-refractivity contribution in [3.8, 4) is 0 Å². The van der Waals surface area contributed by atoms with Crippen molar-refractivity contribution >= 4 is 29.9 Å². The molecule has 1 saturated heterocycles. The van der Waals surface area contributed by atoms with Crippen molar-refractivity contribution in [1.29, 1.82) is 0 Å². The van der Waals surface area contributed by atoms with E-state index in [9.17, 15) is 0 Å². The van der Waals surface area contributed by atoms with E-state index in [1.165, 1.54) is 32.1 Å². The van der Waals surface area contributed by atoms with Gasteiger partial charge in [0.05, 0.1) is 13.2 Å². The Morgan fingerprint density at radius 1 is 1.13 bits per heavy atom. The highest BCUT2D eigenvalue weighted by atomic mass is 127. The maximum atomic E-state index is 5.55. The summed E-state index contributed by atoms with van der Waals surface area (Å²) >= 11 is 0. The first-order valence-corrected chi connectivity index (χ1v) is 8.93. The molecule has 0 unspecified atom stereocenters. The topological polar surface area (TPSA) is 48.9 Å². The Bertz CT molecular complexity index is 351. The quantitative estimate of drug-likeness (QED) is 0.394. The molecule has 23 heavy (non-hydrogen) atoms. The van der Waals surface area contributed by atoms with Crippen LogP contribution in [0.1, 0.15) is 46.0 Å². The van der Waals surface area contributed by atoms with Gasteiger partial charge in [0, 0.05) is 38.8 Å². The van der Waals surface area contributed by atoms with Gasteiger partial charge in [0.2, 0.25) is 0 Å². The van der Waals surface area contributed by atoms with Crippen LogP contribution in [0.25, 0.3) is 0 Å². The fraction of sp³-hybridized carbons (Fsp3) is 0.941. The van der Waals surface area contributed by atoms with Crippen molar-refractivity contribution in [2.75, 3.05) is 46.4 Å². The minimum absolute atomic E-state index is 0. The molecule has 6 heteroatoms. The van der Waals surface area contributed by atoms with E-state index in [1.54, 1.807) is 0 Å². The van der Waals surface area contributed by atoms with Crippen LogP contribution in [0.3, 0.4) is 0 Å². The third-order valence-corrected chi connectivity index (χ3v) is 4.95. The van der Waals surface area contributed by atoms with Gasteiger partial charge in [-0.2, -0.15) is 0 Å². The van der Waals surface area contributed by atoms with Gasteiger partial charge in [-0.15, -0.1) is 24.0 Å². The third kappa shape index (κ3) is 6.38. The molecular formula is C17H35IN4O. The zero-order valence-corrected chi connectivity index (χ0v) is 17.4. The molecular weight excluding hydrogens is 403 g/mol. The summed E-state index contributed by atoms with van der Waals surface area (Å²) in [5, 5.41) is 7.01. The van der Waals surface area contributed by atoms with Crippen molar-refractivity contribution < 1.29 is 4.74 Å². The highest BCUT2D eigenvalue weighted by molar-refractivity contribution is 14.0. The molecule has 1 aliphatic carbocycles. The smallest absolute Gasteiger partial charge is 0.191 e. The predicted molar refractivity (Wildman–Crippen MR) is 108 cm³/mol. The molecule has 2 rings (SSSR count). The Kier molecular flexibility index (Phi) is 9.77. The zero-order valence-electron chi connectivity index (χ0n) is 15.1. The van der Waals surface area contributed by atoms with Crippen molar-refractivity contribution in [3.63, 3.8) is 0 Å². The lowest BCUT2D eigenvalue weighted by Gasteiger charge is -2.48. The van der Waals surface area contributed by atoms with Crippen molar-refractivity contribution in [3.05, 3.63) is 0 Å². The summed E-state index contributed by atoms with van der Waals surface area (Å²) in [5.41, 5.74) is 0.289. The van der Waals surface area contributed by atoms with E-state index in [0.29, 0.717) is 5.92 Å². The van der Waals surface area contributed by atoms with Gasteiger partial charge in [0.15, 0.2) is 5.96 Å². The number of halogens is 1. The van der Waals surface area contributed by atoms with Crippen LogP contribution in [0, 0.1) is 5.92 Å². The minimum Gasteiger partial charge on any atom is -0.379 e. The molecule has 2 fully saturated rings. The Morgan fingerprint density at radius 3 is 2.35 bits per heavy atom. The Labute approximate surface area is 159 Å². The Balaban J connectivity index is 0.00000264. The number of guanidine groups is 1. The molecule has 0 aromatic rings. The minimum atomic E-state index is 0. The van der Waals surface area contributed by atoms with Crippen LogP contribution in [-0.4, -0.2) is 62.8 Å². The van der Waals surface area contributed by atoms with Crippen LogP contribution >= 0.6 is 24.0 Å². The SMILES string of the molecule is CN=C(NCC(C)C)NCC1(N2CCOCC2)CCCCC1.I. The summed E-state index contributed by atoms with van der Waals surface area (Å²) in [6.07, 6.45) is 6.66. The molecule has 0 amide bonds. The fourth-order valence-electron chi connectivity index (χ4n) is 3.62. The molecule has 1 aliphatic heterocycles. The first-order chi connectivity index (χ1) is 10.7. The number of hydrogen-bond donors (Lipinski definition) is 2. The van der Waals surface area contributed by atoms with Gasteiger partial charge >= 0.3 is 0 Å². The zero-order chi connectivity index (χ0) is 15.8. The highest BCUT2D eigenvalue weighted by Crippen LogP contribution is 2.33. The average molecular weight is 438 g/mol. The lowest BCUT2D eigenvalue weighted by atomic mass is 9.80. The highest BCUT2D eigenvalue weighted by Gasteiger charge is 2.38. The van der Waals surface area contributed by atoms with Crippen molar-refractivity contribution in [2.45, 2.75) is 51.5 Å². The van der Waals surface area contributed by atoms with Gasteiger partial charge in [0.1, 0.15) is 0 Å². The van der Waals surface area contributed by atoms with E-state index in [2.05, 4.69) is 34.4 Å². The summed E-state index contributed by atoms with van der Waals surface area (Å²) < 4.78 is 5.55. The van der Waals surface area contributed by atoms with Crippen LogP contribution in [0.15, 0.2) is 4.99 Å². The molecule has 0 radical (unpaired) electrons. The molecule has 5 nitrogen and oxygen atoms in total. The lowest BCUT2D eigenvalue weighted by Crippen LogP contribution is -2.60. The molecule has 2 N–H and O–H groups in total. The van der Waals surface area contributed by atoms with Gasteiger partial charge in [-0.25, -0.2) is 0 Å². The molecule has 136 valence electrons.